The highest BCUT2D eigenvalue weighted by molar-refractivity contribution is 6.05. The third-order valence-electron chi connectivity index (χ3n) is 3.62. The molecule has 0 amide bonds. The number of allylic oxidation sites excluding steroid dienone is 1. The number of ether oxygens (including phenoxy) is 1. The Morgan fingerprint density at radius 1 is 0.920 bits per heavy atom. The van der Waals surface area contributed by atoms with E-state index in [1.165, 1.54) is 24.3 Å². The van der Waals surface area contributed by atoms with Crippen LogP contribution in [0.25, 0.3) is 0 Å². The lowest BCUT2D eigenvalue weighted by Gasteiger charge is -2.29. The molecule has 1 aliphatic carbocycles. The molecule has 0 heterocycles. The Morgan fingerprint density at radius 2 is 1.48 bits per heavy atom. The third-order valence-corrected chi connectivity index (χ3v) is 3.62. The molecule has 0 aromatic heterocycles. The molecule has 4 N–H and O–H groups in total. The van der Waals surface area contributed by atoms with Gasteiger partial charge in [0.1, 0.15) is 17.4 Å². The van der Waals surface area contributed by atoms with Gasteiger partial charge in [0, 0.05) is 0 Å². The van der Waals surface area contributed by atoms with Crippen molar-refractivity contribution >= 4 is 23.9 Å². The fourth-order valence-corrected chi connectivity index (χ4v) is 2.33. The molecule has 2 rings (SSSR count). The van der Waals surface area contributed by atoms with Gasteiger partial charge in [-0.15, -0.1) is 0 Å². The monoisotopic (exact) mass is 348 g/mol. The molecular formula is C16H12O9. The average molecular weight is 348 g/mol. The summed E-state index contributed by atoms with van der Waals surface area (Å²) in [4.78, 5) is 45.0. The first kappa shape index (κ1) is 17.7. The Kier molecular flexibility index (Phi) is 4.59. The first-order valence-corrected chi connectivity index (χ1v) is 6.80. The van der Waals surface area contributed by atoms with Gasteiger partial charge in [-0.3, -0.25) is 14.4 Å². The van der Waals surface area contributed by atoms with Crippen molar-refractivity contribution in [3.63, 3.8) is 0 Å². The van der Waals surface area contributed by atoms with Crippen molar-refractivity contribution in [2.24, 2.45) is 11.3 Å². The predicted octanol–water partition coefficient (Wildman–Crippen LogP) is 1.07. The van der Waals surface area contributed by atoms with E-state index in [2.05, 4.69) is 0 Å². The van der Waals surface area contributed by atoms with E-state index in [1.807, 2.05) is 0 Å². The van der Waals surface area contributed by atoms with Gasteiger partial charge in [-0.05, 0) is 36.4 Å². The fourth-order valence-electron chi connectivity index (χ4n) is 2.33. The van der Waals surface area contributed by atoms with Gasteiger partial charge in [-0.1, -0.05) is 6.08 Å². The Hall–Kier alpha value is -3.62. The number of aliphatic carboxylic acids is 3. The van der Waals surface area contributed by atoms with Crippen molar-refractivity contribution in [1.82, 2.24) is 0 Å². The van der Waals surface area contributed by atoms with Crippen molar-refractivity contribution in [3.8, 4) is 5.75 Å². The molecule has 0 saturated carbocycles. The first-order valence-electron chi connectivity index (χ1n) is 6.80. The minimum atomic E-state index is -2.73. The van der Waals surface area contributed by atoms with Gasteiger partial charge in [0.15, 0.2) is 0 Å². The maximum absolute atomic E-state index is 11.5. The summed E-state index contributed by atoms with van der Waals surface area (Å²) in [5.41, 5.74) is -2.73. The van der Waals surface area contributed by atoms with Crippen LogP contribution in [0.15, 0.2) is 48.3 Å². The zero-order valence-electron chi connectivity index (χ0n) is 12.4. The highest BCUT2D eigenvalue weighted by atomic mass is 16.5. The van der Waals surface area contributed by atoms with Crippen LogP contribution in [0.5, 0.6) is 5.75 Å². The molecule has 0 fully saturated rings. The lowest BCUT2D eigenvalue weighted by Crippen LogP contribution is -2.48. The molecule has 9 heteroatoms. The minimum Gasteiger partial charge on any atom is -0.481 e. The Morgan fingerprint density at radius 3 is 1.92 bits per heavy atom. The summed E-state index contributed by atoms with van der Waals surface area (Å²) in [6.07, 6.45) is 2.78. The van der Waals surface area contributed by atoms with Gasteiger partial charge in [-0.25, -0.2) is 4.79 Å². The fraction of sp³-hybridized carbons (Fsp3) is 0.125. The molecule has 1 aromatic carbocycles. The number of carboxylic acids is 4. The van der Waals surface area contributed by atoms with Crippen molar-refractivity contribution in [2.45, 2.75) is 0 Å². The van der Waals surface area contributed by atoms with Gasteiger partial charge in [-0.2, -0.15) is 0 Å². The molecule has 1 unspecified atom stereocenters. The minimum absolute atomic E-state index is 0.00289. The average Bonchev–Trinajstić information content (AvgIpc) is 2.54. The lowest BCUT2D eigenvalue weighted by molar-refractivity contribution is -0.169. The van der Waals surface area contributed by atoms with Gasteiger partial charge >= 0.3 is 23.9 Å². The summed E-state index contributed by atoms with van der Waals surface area (Å²) in [7, 11) is 0. The van der Waals surface area contributed by atoms with E-state index in [-0.39, 0.29) is 17.1 Å². The molecule has 1 atom stereocenters. The summed E-state index contributed by atoms with van der Waals surface area (Å²) in [5, 5.41) is 36.6. The van der Waals surface area contributed by atoms with Crippen molar-refractivity contribution in [2.75, 3.05) is 0 Å². The first-order chi connectivity index (χ1) is 11.7. The third kappa shape index (κ3) is 3.20. The Balaban J connectivity index is 2.40. The van der Waals surface area contributed by atoms with Crippen LogP contribution in [-0.2, 0) is 14.4 Å². The van der Waals surface area contributed by atoms with Gasteiger partial charge in [0.2, 0.25) is 5.41 Å². The van der Waals surface area contributed by atoms with Crippen molar-refractivity contribution in [3.05, 3.63) is 53.8 Å². The van der Waals surface area contributed by atoms with Gasteiger partial charge in [0.25, 0.3) is 0 Å². The van der Waals surface area contributed by atoms with Crippen LogP contribution in [0.1, 0.15) is 10.4 Å². The summed E-state index contributed by atoms with van der Waals surface area (Å²) in [6, 6.07) is 5.08. The molecule has 0 bridgehead atoms. The quantitative estimate of drug-likeness (QED) is 0.552. The molecule has 0 radical (unpaired) electrons. The highest BCUT2D eigenvalue weighted by Crippen LogP contribution is 2.37. The molecule has 0 spiro atoms. The zero-order chi connectivity index (χ0) is 18.8. The van der Waals surface area contributed by atoms with E-state index in [1.54, 1.807) is 0 Å². The second-order valence-electron chi connectivity index (χ2n) is 5.13. The molecule has 1 aromatic rings. The SMILES string of the molecule is O=C(O)c1ccc(OC2=CC(C(=O)O)(C(=O)O)C(C(=O)O)C=C2)cc1. The van der Waals surface area contributed by atoms with Crippen LogP contribution in [0.3, 0.4) is 0 Å². The number of hydrogen-bond acceptors (Lipinski definition) is 5. The lowest BCUT2D eigenvalue weighted by atomic mass is 9.72. The van der Waals surface area contributed by atoms with Crippen molar-refractivity contribution < 1.29 is 44.3 Å². The molecular weight excluding hydrogens is 336 g/mol. The largest absolute Gasteiger partial charge is 0.481 e. The number of carboxylic acid groups (broad SMARTS) is 4. The number of rotatable bonds is 6. The van der Waals surface area contributed by atoms with Crippen LogP contribution in [0, 0.1) is 11.3 Å². The highest BCUT2D eigenvalue weighted by Gasteiger charge is 2.55. The number of hydrogen-bond donors (Lipinski definition) is 4. The number of benzene rings is 1. The summed E-state index contributed by atoms with van der Waals surface area (Å²) in [5.74, 6) is -8.34. The number of aromatic carboxylic acids is 1. The molecule has 130 valence electrons. The summed E-state index contributed by atoms with van der Waals surface area (Å²) in [6.45, 7) is 0. The maximum Gasteiger partial charge on any atom is 0.335 e. The van der Waals surface area contributed by atoms with E-state index in [0.717, 1.165) is 12.2 Å². The van der Waals surface area contributed by atoms with Crippen LogP contribution in [0.4, 0.5) is 0 Å². The second-order valence-corrected chi connectivity index (χ2v) is 5.13. The van der Waals surface area contributed by atoms with Crippen LogP contribution >= 0.6 is 0 Å². The van der Waals surface area contributed by atoms with E-state index in [4.69, 9.17) is 14.9 Å². The molecule has 1 aliphatic rings. The van der Waals surface area contributed by atoms with Gasteiger partial charge < -0.3 is 25.2 Å². The van der Waals surface area contributed by atoms with Crippen LogP contribution in [0.2, 0.25) is 0 Å². The van der Waals surface area contributed by atoms with E-state index in [0.29, 0.717) is 6.08 Å². The molecule has 25 heavy (non-hydrogen) atoms. The second kappa shape index (κ2) is 6.48. The number of carbonyl (C=O) groups is 4. The maximum atomic E-state index is 11.5. The summed E-state index contributed by atoms with van der Waals surface area (Å²) >= 11 is 0. The van der Waals surface area contributed by atoms with Crippen LogP contribution in [-0.4, -0.2) is 44.3 Å². The van der Waals surface area contributed by atoms with E-state index >= 15 is 0 Å². The normalized spacial score (nSPS) is 18.1. The van der Waals surface area contributed by atoms with E-state index in [9.17, 15) is 29.4 Å². The van der Waals surface area contributed by atoms with Crippen molar-refractivity contribution in [1.29, 1.82) is 0 Å². The zero-order valence-corrected chi connectivity index (χ0v) is 12.4. The van der Waals surface area contributed by atoms with Gasteiger partial charge in [0.05, 0.1) is 5.56 Å². The standard InChI is InChI=1S/C16H12O9/c17-12(18)8-1-3-9(4-2-8)25-10-5-6-11(13(19)20)16(7-10,14(21)22)15(23)24/h1-7,11H,(H,17,18)(H,19,20)(H,21,22)(H,23,24). The Bertz CT molecular complexity index is 787. The molecule has 0 aliphatic heterocycles. The molecule has 9 nitrogen and oxygen atoms in total. The van der Waals surface area contributed by atoms with E-state index < -0.39 is 35.2 Å². The Labute approximate surface area is 140 Å². The predicted molar refractivity (Wildman–Crippen MR) is 80.1 cm³/mol. The topological polar surface area (TPSA) is 158 Å². The van der Waals surface area contributed by atoms with Crippen LogP contribution < -0.4 is 4.74 Å². The summed E-state index contributed by atoms with van der Waals surface area (Å²) < 4.78 is 5.34. The smallest absolute Gasteiger partial charge is 0.335 e. The molecule has 0 saturated heterocycles.